The molecule has 6 nitrogen and oxygen atoms in total. The quantitative estimate of drug-likeness (QED) is 0.784. The lowest BCUT2D eigenvalue weighted by Crippen LogP contribution is -2.06. The molecule has 1 aromatic carbocycles. The van der Waals surface area contributed by atoms with Gasteiger partial charge in [-0.15, -0.1) is 0 Å². The average Bonchev–Trinajstić information content (AvgIpc) is 2.47. The van der Waals surface area contributed by atoms with Crippen LogP contribution >= 0.6 is 0 Å². The van der Waals surface area contributed by atoms with Gasteiger partial charge in [-0.3, -0.25) is 0 Å². The Hall–Kier alpha value is -2.63. The Labute approximate surface area is 110 Å². The fourth-order valence-electron chi connectivity index (χ4n) is 1.46. The minimum atomic E-state index is -0.564. The Morgan fingerprint density at radius 2 is 1.89 bits per heavy atom. The molecule has 0 bridgehead atoms. The summed E-state index contributed by atoms with van der Waals surface area (Å²) in [5.74, 6) is 0.544. The van der Waals surface area contributed by atoms with Crippen molar-refractivity contribution in [3.05, 3.63) is 42.4 Å². The van der Waals surface area contributed by atoms with Gasteiger partial charge in [0.1, 0.15) is 11.9 Å². The van der Waals surface area contributed by atoms with Crippen LogP contribution in [0.2, 0.25) is 0 Å². The number of benzene rings is 1. The van der Waals surface area contributed by atoms with Crippen molar-refractivity contribution in [1.29, 1.82) is 0 Å². The van der Waals surface area contributed by atoms with Gasteiger partial charge >= 0.3 is 5.97 Å². The zero-order valence-corrected chi connectivity index (χ0v) is 10.5. The number of carbonyl (C=O) groups excluding carboxylic acids is 1. The number of hydrogen-bond acceptors (Lipinski definition) is 6. The van der Waals surface area contributed by atoms with Gasteiger partial charge in [-0.2, -0.15) is 0 Å². The Balaban J connectivity index is 2.36. The highest BCUT2D eigenvalue weighted by molar-refractivity contribution is 5.91. The second-order valence-electron chi connectivity index (χ2n) is 3.49. The standard InChI is InChI=1S/C13H12N2O4/c1-17-10-5-3-4-6-11(10)19-12-9(13(16)18-2)7-14-8-15-12/h3-8H,1-2H3. The SMILES string of the molecule is COC(=O)c1cncnc1Oc1ccccc1OC. The smallest absolute Gasteiger partial charge is 0.345 e. The molecule has 6 heteroatoms. The highest BCUT2D eigenvalue weighted by Crippen LogP contribution is 2.31. The van der Waals surface area contributed by atoms with Crippen LogP contribution in [0.3, 0.4) is 0 Å². The summed E-state index contributed by atoms with van der Waals surface area (Å²) in [6.07, 6.45) is 2.63. The van der Waals surface area contributed by atoms with E-state index in [1.165, 1.54) is 26.7 Å². The number of esters is 1. The summed E-state index contributed by atoms with van der Waals surface area (Å²) in [5, 5.41) is 0. The fraction of sp³-hybridized carbons (Fsp3) is 0.154. The molecule has 0 saturated heterocycles. The van der Waals surface area contributed by atoms with E-state index in [1.54, 1.807) is 18.2 Å². The number of para-hydroxylation sites is 2. The summed E-state index contributed by atoms with van der Waals surface area (Å²) in [6, 6.07) is 7.06. The molecule has 0 saturated carbocycles. The molecular formula is C13H12N2O4. The number of hydrogen-bond donors (Lipinski definition) is 0. The van der Waals surface area contributed by atoms with Crippen molar-refractivity contribution in [3.63, 3.8) is 0 Å². The summed E-state index contributed by atoms with van der Waals surface area (Å²) in [6.45, 7) is 0. The lowest BCUT2D eigenvalue weighted by molar-refractivity contribution is 0.0596. The normalized spacial score (nSPS) is 9.79. The van der Waals surface area contributed by atoms with E-state index in [2.05, 4.69) is 14.7 Å². The minimum absolute atomic E-state index is 0.117. The van der Waals surface area contributed by atoms with Crippen LogP contribution in [0, 0.1) is 0 Å². The molecule has 0 atom stereocenters. The van der Waals surface area contributed by atoms with Crippen molar-refractivity contribution in [2.24, 2.45) is 0 Å². The number of aromatic nitrogens is 2. The molecule has 0 radical (unpaired) electrons. The van der Waals surface area contributed by atoms with E-state index >= 15 is 0 Å². The third-order valence-electron chi connectivity index (χ3n) is 2.36. The van der Waals surface area contributed by atoms with Crippen LogP contribution < -0.4 is 9.47 Å². The largest absolute Gasteiger partial charge is 0.493 e. The Morgan fingerprint density at radius 3 is 2.58 bits per heavy atom. The topological polar surface area (TPSA) is 70.5 Å². The Bertz CT molecular complexity index is 586. The number of ether oxygens (including phenoxy) is 3. The van der Waals surface area contributed by atoms with Crippen LogP contribution in [0.4, 0.5) is 0 Å². The van der Waals surface area contributed by atoms with Gasteiger partial charge in [-0.1, -0.05) is 12.1 Å². The number of carbonyl (C=O) groups is 1. The van der Waals surface area contributed by atoms with Crippen molar-refractivity contribution in [2.45, 2.75) is 0 Å². The van der Waals surface area contributed by atoms with E-state index in [-0.39, 0.29) is 11.4 Å². The molecule has 2 aromatic rings. The van der Waals surface area contributed by atoms with E-state index in [0.29, 0.717) is 11.5 Å². The fourth-order valence-corrected chi connectivity index (χ4v) is 1.46. The van der Waals surface area contributed by atoms with Gasteiger partial charge in [-0.05, 0) is 12.1 Å². The van der Waals surface area contributed by atoms with Crippen LogP contribution in [0.15, 0.2) is 36.8 Å². The zero-order chi connectivity index (χ0) is 13.7. The lowest BCUT2D eigenvalue weighted by atomic mass is 10.3. The average molecular weight is 260 g/mol. The number of nitrogens with zero attached hydrogens (tertiary/aromatic N) is 2. The Kier molecular flexibility index (Phi) is 3.92. The van der Waals surface area contributed by atoms with Gasteiger partial charge in [-0.25, -0.2) is 14.8 Å². The first-order valence-electron chi connectivity index (χ1n) is 5.45. The van der Waals surface area contributed by atoms with Gasteiger partial charge in [0.05, 0.1) is 14.2 Å². The van der Waals surface area contributed by atoms with Crippen LogP contribution in [0.5, 0.6) is 17.4 Å². The van der Waals surface area contributed by atoms with E-state index < -0.39 is 5.97 Å². The molecule has 0 amide bonds. The predicted molar refractivity (Wildman–Crippen MR) is 66.4 cm³/mol. The van der Waals surface area contributed by atoms with Crippen LogP contribution in [0.1, 0.15) is 10.4 Å². The molecule has 1 heterocycles. The lowest BCUT2D eigenvalue weighted by Gasteiger charge is -2.10. The molecule has 0 unspecified atom stereocenters. The molecule has 19 heavy (non-hydrogen) atoms. The number of methoxy groups -OCH3 is 2. The molecule has 0 aliphatic heterocycles. The highest BCUT2D eigenvalue weighted by Gasteiger charge is 2.16. The summed E-state index contributed by atoms with van der Waals surface area (Å²) >= 11 is 0. The van der Waals surface area contributed by atoms with Crippen molar-refractivity contribution in [2.75, 3.05) is 14.2 Å². The highest BCUT2D eigenvalue weighted by atomic mass is 16.5. The van der Waals surface area contributed by atoms with E-state index in [4.69, 9.17) is 9.47 Å². The van der Waals surface area contributed by atoms with Crippen molar-refractivity contribution < 1.29 is 19.0 Å². The van der Waals surface area contributed by atoms with Crippen molar-refractivity contribution in [3.8, 4) is 17.4 Å². The maximum Gasteiger partial charge on any atom is 0.345 e. The first kappa shape index (κ1) is 12.8. The maximum atomic E-state index is 11.6. The molecule has 1 aromatic heterocycles. The molecule has 0 aliphatic carbocycles. The molecule has 0 fully saturated rings. The summed E-state index contributed by atoms with van der Waals surface area (Å²) in [5.41, 5.74) is 0.149. The monoisotopic (exact) mass is 260 g/mol. The zero-order valence-electron chi connectivity index (χ0n) is 10.5. The number of rotatable bonds is 4. The maximum absolute atomic E-state index is 11.6. The van der Waals surface area contributed by atoms with E-state index in [1.807, 2.05) is 6.07 Å². The third-order valence-corrected chi connectivity index (χ3v) is 2.36. The van der Waals surface area contributed by atoms with Gasteiger partial charge < -0.3 is 14.2 Å². The van der Waals surface area contributed by atoms with Crippen LogP contribution in [-0.4, -0.2) is 30.2 Å². The van der Waals surface area contributed by atoms with Gasteiger partial charge in [0.25, 0.3) is 0 Å². The molecule has 0 spiro atoms. The van der Waals surface area contributed by atoms with Crippen molar-refractivity contribution >= 4 is 5.97 Å². The second-order valence-corrected chi connectivity index (χ2v) is 3.49. The minimum Gasteiger partial charge on any atom is -0.493 e. The summed E-state index contributed by atoms with van der Waals surface area (Å²) in [7, 11) is 2.81. The first-order valence-corrected chi connectivity index (χ1v) is 5.45. The van der Waals surface area contributed by atoms with Crippen molar-refractivity contribution in [1.82, 2.24) is 9.97 Å². The van der Waals surface area contributed by atoms with E-state index in [9.17, 15) is 4.79 Å². The molecular weight excluding hydrogens is 248 g/mol. The molecule has 0 aliphatic rings. The van der Waals surface area contributed by atoms with Gasteiger partial charge in [0, 0.05) is 6.20 Å². The second kappa shape index (κ2) is 5.81. The molecule has 0 N–H and O–H groups in total. The predicted octanol–water partition coefficient (Wildman–Crippen LogP) is 2.06. The van der Waals surface area contributed by atoms with Crippen LogP contribution in [-0.2, 0) is 4.74 Å². The van der Waals surface area contributed by atoms with Gasteiger partial charge in [0.2, 0.25) is 5.88 Å². The molecule has 98 valence electrons. The van der Waals surface area contributed by atoms with Gasteiger partial charge in [0.15, 0.2) is 11.5 Å². The summed E-state index contributed by atoms with van der Waals surface area (Å²) in [4.78, 5) is 19.3. The first-order chi connectivity index (χ1) is 9.26. The summed E-state index contributed by atoms with van der Waals surface area (Å²) < 4.78 is 15.4. The molecule has 2 rings (SSSR count). The van der Waals surface area contributed by atoms with E-state index in [0.717, 1.165) is 0 Å². The van der Waals surface area contributed by atoms with Crippen LogP contribution in [0.25, 0.3) is 0 Å². The third kappa shape index (κ3) is 2.79. The Morgan fingerprint density at radius 1 is 1.16 bits per heavy atom.